The first-order valence-corrected chi connectivity index (χ1v) is 7.04. The molecule has 0 amide bonds. The second kappa shape index (κ2) is 5.48. The van der Waals surface area contributed by atoms with E-state index in [1.54, 1.807) is 0 Å². The predicted octanol–water partition coefficient (Wildman–Crippen LogP) is 2.88. The van der Waals surface area contributed by atoms with Crippen molar-refractivity contribution in [2.24, 2.45) is 5.92 Å². The Balaban J connectivity index is 2.48. The summed E-state index contributed by atoms with van der Waals surface area (Å²) < 4.78 is 5.58. The van der Waals surface area contributed by atoms with Crippen LogP contribution in [0.15, 0.2) is 18.2 Å². The summed E-state index contributed by atoms with van der Waals surface area (Å²) in [6.45, 7) is 8.60. The van der Waals surface area contributed by atoms with Gasteiger partial charge in [-0.25, -0.2) is 0 Å². The van der Waals surface area contributed by atoms with Crippen LogP contribution >= 0.6 is 0 Å². The Kier molecular flexibility index (Phi) is 4.16. The summed E-state index contributed by atoms with van der Waals surface area (Å²) in [5.41, 5.74) is 3.95. The average Bonchev–Trinajstić information content (AvgIpc) is 2.41. The minimum Gasteiger partial charge on any atom is -0.381 e. The molecule has 0 saturated carbocycles. The number of ether oxygens (including phenoxy) is 1. The van der Waals surface area contributed by atoms with Gasteiger partial charge in [-0.2, -0.15) is 0 Å². The van der Waals surface area contributed by atoms with Gasteiger partial charge < -0.3 is 4.74 Å². The van der Waals surface area contributed by atoms with Gasteiger partial charge in [-0.05, 0) is 36.8 Å². The van der Waals surface area contributed by atoms with Gasteiger partial charge in [0.1, 0.15) is 7.85 Å². The quantitative estimate of drug-likeness (QED) is 0.740. The number of hydrogen-bond donors (Lipinski definition) is 0. The van der Waals surface area contributed by atoms with E-state index in [2.05, 4.69) is 32.9 Å². The molecule has 1 saturated heterocycles. The SMILES string of the molecule is [B]c1ccc(C)c(C2(C(C)CC)CCOCC2)c1. The standard InChI is InChI=1S/C16H23BO/c1-4-13(3)16(7-9-18-10-8-16)15-11-14(17)6-5-12(15)2/h5-6,11,13H,4,7-10H2,1-3H3. The van der Waals surface area contributed by atoms with Crippen LogP contribution in [0.2, 0.25) is 0 Å². The van der Waals surface area contributed by atoms with Crippen molar-refractivity contribution in [3.8, 4) is 0 Å². The van der Waals surface area contributed by atoms with Crippen LogP contribution in [0, 0.1) is 12.8 Å². The molecule has 1 aromatic carbocycles. The van der Waals surface area contributed by atoms with Crippen molar-refractivity contribution in [3.63, 3.8) is 0 Å². The molecule has 1 nitrogen and oxygen atoms in total. The van der Waals surface area contributed by atoms with E-state index in [0.29, 0.717) is 5.92 Å². The Hall–Kier alpha value is -0.755. The van der Waals surface area contributed by atoms with Gasteiger partial charge in [0.2, 0.25) is 0 Å². The maximum atomic E-state index is 6.00. The van der Waals surface area contributed by atoms with Crippen LogP contribution in [-0.2, 0) is 10.2 Å². The summed E-state index contributed by atoms with van der Waals surface area (Å²) in [7, 11) is 6.00. The van der Waals surface area contributed by atoms with E-state index >= 15 is 0 Å². The molecule has 2 radical (unpaired) electrons. The second-order valence-corrected chi connectivity index (χ2v) is 5.65. The molecule has 1 aliphatic heterocycles. The minimum absolute atomic E-state index is 0.256. The van der Waals surface area contributed by atoms with Gasteiger partial charge in [0.25, 0.3) is 0 Å². The fraction of sp³-hybridized carbons (Fsp3) is 0.625. The Morgan fingerprint density at radius 3 is 2.61 bits per heavy atom. The molecule has 2 rings (SSSR count). The maximum Gasteiger partial charge on any atom is 0.113 e. The van der Waals surface area contributed by atoms with Gasteiger partial charge in [0.15, 0.2) is 0 Å². The van der Waals surface area contributed by atoms with E-state index in [4.69, 9.17) is 12.6 Å². The van der Waals surface area contributed by atoms with Crippen molar-refractivity contribution in [1.82, 2.24) is 0 Å². The summed E-state index contributed by atoms with van der Waals surface area (Å²) >= 11 is 0. The monoisotopic (exact) mass is 242 g/mol. The third kappa shape index (κ3) is 2.35. The summed E-state index contributed by atoms with van der Waals surface area (Å²) in [6, 6.07) is 6.35. The van der Waals surface area contributed by atoms with E-state index in [0.717, 1.165) is 31.5 Å². The van der Waals surface area contributed by atoms with Crippen LogP contribution in [0.25, 0.3) is 0 Å². The Bertz CT molecular complexity index is 408. The summed E-state index contributed by atoms with van der Waals surface area (Å²) in [5.74, 6) is 0.668. The molecule has 0 N–H and O–H groups in total. The van der Waals surface area contributed by atoms with E-state index < -0.39 is 0 Å². The lowest BCUT2D eigenvalue weighted by atomic mass is 9.63. The molecular weight excluding hydrogens is 219 g/mol. The van der Waals surface area contributed by atoms with Gasteiger partial charge in [-0.1, -0.05) is 43.9 Å². The lowest BCUT2D eigenvalue weighted by Gasteiger charge is -2.43. The molecule has 2 heteroatoms. The van der Waals surface area contributed by atoms with Crippen LogP contribution in [0.1, 0.15) is 44.2 Å². The van der Waals surface area contributed by atoms with Crippen LogP contribution < -0.4 is 5.46 Å². The predicted molar refractivity (Wildman–Crippen MR) is 77.8 cm³/mol. The van der Waals surface area contributed by atoms with E-state index in [1.165, 1.54) is 17.5 Å². The second-order valence-electron chi connectivity index (χ2n) is 5.65. The summed E-state index contributed by atoms with van der Waals surface area (Å²) in [6.07, 6.45) is 3.44. The highest BCUT2D eigenvalue weighted by Crippen LogP contribution is 2.43. The third-order valence-electron chi connectivity index (χ3n) is 4.74. The van der Waals surface area contributed by atoms with E-state index in [1.807, 2.05) is 6.07 Å². The molecular formula is C16H23BO. The molecule has 1 aromatic rings. The topological polar surface area (TPSA) is 9.23 Å². The van der Waals surface area contributed by atoms with Crippen molar-refractivity contribution in [2.75, 3.05) is 13.2 Å². The fourth-order valence-corrected chi connectivity index (χ4v) is 3.33. The molecule has 1 fully saturated rings. The van der Waals surface area contributed by atoms with E-state index in [9.17, 15) is 0 Å². The first-order chi connectivity index (χ1) is 8.60. The highest BCUT2D eigenvalue weighted by Gasteiger charge is 2.39. The molecule has 0 aliphatic carbocycles. The molecule has 1 atom stereocenters. The zero-order chi connectivity index (χ0) is 13.2. The van der Waals surface area contributed by atoms with Crippen molar-refractivity contribution in [1.29, 1.82) is 0 Å². The Morgan fingerprint density at radius 1 is 1.33 bits per heavy atom. The van der Waals surface area contributed by atoms with E-state index in [-0.39, 0.29) is 5.41 Å². The average molecular weight is 242 g/mol. The summed E-state index contributed by atoms with van der Waals surface area (Å²) in [4.78, 5) is 0. The van der Waals surface area contributed by atoms with Crippen molar-refractivity contribution < 1.29 is 4.74 Å². The molecule has 18 heavy (non-hydrogen) atoms. The molecule has 0 spiro atoms. The smallest absolute Gasteiger partial charge is 0.113 e. The lowest BCUT2D eigenvalue weighted by molar-refractivity contribution is 0.0278. The van der Waals surface area contributed by atoms with Gasteiger partial charge in [-0.15, -0.1) is 0 Å². The fourth-order valence-electron chi connectivity index (χ4n) is 3.33. The zero-order valence-electron chi connectivity index (χ0n) is 11.8. The number of hydrogen-bond acceptors (Lipinski definition) is 1. The largest absolute Gasteiger partial charge is 0.381 e. The molecule has 1 heterocycles. The normalized spacial score (nSPS) is 20.6. The zero-order valence-corrected chi connectivity index (χ0v) is 11.8. The molecule has 0 bridgehead atoms. The number of aryl methyl sites for hydroxylation is 1. The van der Waals surface area contributed by atoms with Crippen molar-refractivity contribution in [3.05, 3.63) is 29.3 Å². The highest BCUT2D eigenvalue weighted by atomic mass is 16.5. The molecule has 96 valence electrons. The van der Waals surface area contributed by atoms with Crippen LogP contribution in [0.5, 0.6) is 0 Å². The van der Waals surface area contributed by atoms with Crippen LogP contribution in [0.3, 0.4) is 0 Å². The van der Waals surface area contributed by atoms with Crippen LogP contribution in [0.4, 0.5) is 0 Å². The van der Waals surface area contributed by atoms with Gasteiger partial charge in [0, 0.05) is 18.6 Å². The Morgan fingerprint density at radius 2 is 2.00 bits per heavy atom. The number of rotatable bonds is 3. The maximum absolute atomic E-state index is 6.00. The molecule has 1 unspecified atom stereocenters. The van der Waals surface area contributed by atoms with Crippen molar-refractivity contribution in [2.45, 2.75) is 45.4 Å². The lowest BCUT2D eigenvalue weighted by Crippen LogP contribution is -2.40. The first kappa shape index (κ1) is 13.7. The molecule has 1 aliphatic rings. The highest BCUT2D eigenvalue weighted by molar-refractivity contribution is 6.32. The third-order valence-corrected chi connectivity index (χ3v) is 4.74. The van der Waals surface area contributed by atoms with Crippen LogP contribution in [-0.4, -0.2) is 21.1 Å². The van der Waals surface area contributed by atoms with Crippen molar-refractivity contribution >= 4 is 13.3 Å². The molecule has 0 aromatic heterocycles. The van der Waals surface area contributed by atoms with Gasteiger partial charge in [-0.3, -0.25) is 0 Å². The minimum atomic E-state index is 0.256. The first-order valence-electron chi connectivity index (χ1n) is 7.04. The van der Waals surface area contributed by atoms with Gasteiger partial charge in [0.05, 0.1) is 0 Å². The van der Waals surface area contributed by atoms with Gasteiger partial charge >= 0.3 is 0 Å². The Labute approximate surface area is 112 Å². The number of benzene rings is 1. The summed E-state index contributed by atoms with van der Waals surface area (Å²) in [5, 5.41) is 0.